The van der Waals surface area contributed by atoms with E-state index in [1.807, 2.05) is 0 Å². The van der Waals surface area contributed by atoms with Crippen molar-refractivity contribution in [3.05, 3.63) is 29.6 Å². The van der Waals surface area contributed by atoms with Crippen LogP contribution in [0.25, 0.3) is 0 Å². The molecule has 0 N–H and O–H groups in total. The van der Waals surface area contributed by atoms with Crippen molar-refractivity contribution in [3.8, 4) is 0 Å². The Morgan fingerprint density at radius 1 is 0.724 bits per heavy atom. The van der Waals surface area contributed by atoms with Gasteiger partial charge >= 0.3 is 0 Å². The van der Waals surface area contributed by atoms with E-state index in [-0.39, 0.29) is 0 Å². The van der Waals surface area contributed by atoms with E-state index in [0.717, 1.165) is 23.7 Å². The second kappa shape index (κ2) is 12.8. The van der Waals surface area contributed by atoms with Crippen LogP contribution in [0.2, 0.25) is 0 Å². The lowest BCUT2D eigenvalue weighted by Gasteiger charge is -2.38. The van der Waals surface area contributed by atoms with E-state index in [1.165, 1.54) is 120 Å². The van der Waals surface area contributed by atoms with Gasteiger partial charge in [0.2, 0.25) is 0 Å². The molecule has 1 heterocycles. The number of rotatable bonds is 11. The summed E-state index contributed by atoms with van der Waals surface area (Å²) < 4.78 is 0. The number of hydrogen-bond donors (Lipinski definition) is 0. The minimum absolute atomic E-state index is 0.728. The van der Waals surface area contributed by atoms with Crippen LogP contribution in [0.1, 0.15) is 134 Å². The van der Waals surface area contributed by atoms with Gasteiger partial charge in [-0.05, 0) is 80.8 Å². The van der Waals surface area contributed by atoms with Gasteiger partial charge in [-0.1, -0.05) is 77.7 Å². The van der Waals surface area contributed by atoms with Crippen molar-refractivity contribution in [1.82, 2.24) is 4.98 Å². The molecule has 0 radical (unpaired) electrons. The molecular weight excluding hydrogens is 350 g/mol. The lowest BCUT2D eigenvalue weighted by atomic mass is 9.68. The number of nitrogens with zero attached hydrogens (tertiary/aromatic N) is 1. The lowest BCUT2D eigenvalue weighted by molar-refractivity contribution is 0.155. The quantitative estimate of drug-likeness (QED) is 0.340. The van der Waals surface area contributed by atoms with Crippen LogP contribution in [0, 0.1) is 17.8 Å². The van der Waals surface area contributed by atoms with Crippen LogP contribution >= 0.6 is 0 Å². The smallest absolute Gasteiger partial charge is 0.0434 e. The first-order chi connectivity index (χ1) is 14.3. The van der Waals surface area contributed by atoms with Crippen molar-refractivity contribution < 1.29 is 0 Å². The van der Waals surface area contributed by atoms with Gasteiger partial charge < -0.3 is 0 Å². The molecule has 1 heteroatoms. The standard InChI is InChI=1S/C28H47N/c1-3-5-7-9-10-23-12-15-25(16-13-23)26-17-19-27(20-18-26)28-21-14-24(22-29-28)11-8-6-4-2/h14,21-23,25-27H,3-13,15-20H2,1-2H3/t23-,25-,26?,27?. The summed E-state index contributed by atoms with van der Waals surface area (Å²) in [6, 6.07) is 4.70. The fraction of sp³-hybridized carbons (Fsp3) is 0.821. The molecule has 3 rings (SSSR count). The van der Waals surface area contributed by atoms with E-state index in [2.05, 4.69) is 32.2 Å². The summed E-state index contributed by atoms with van der Waals surface area (Å²) in [5, 5.41) is 0. The highest BCUT2D eigenvalue weighted by Crippen LogP contribution is 2.44. The van der Waals surface area contributed by atoms with Crippen molar-refractivity contribution in [1.29, 1.82) is 0 Å². The van der Waals surface area contributed by atoms with E-state index < -0.39 is 0 Å². The number of unbranched alkanes of at least 4 members (excludes halogenated alkanes) is 5. The monoisotopic (exact) mass is 397 g/mol. The van der Waals surface area contributed by atoms with Crippen LogP contribution in [0.3, 0.4) is 0 Å². The number of aromatic nitrogens is 1. The predicted molar refractivity (Wildman–Crippen MR) is 126 cm³/mol. The average Bonchev–Trinajstić information content (AvgIpc) is 2.78. The van der Waals surface area contributed by atoms with E-state index in [9.17, 15) is 0 Å². The molecule has 2 saturated carbocycles. The maximum atomic E-state index is 4.87. The van der Waals surface area contributed by atoms with Crippen molar-refractivity contribution in [2.45, 2.75) is 129 Å². The van der Waals surface area contributed by atoms with Crippen LogP contribution < -0.4 is 0 Å². The third kappa shape index (κ3) is 7.41. The molecule has 0 amide bonds. The van der Waals surface area contributed by atoms with Crippen molar-refractivity contribution in [2.75, 3.05) is 0 Å². The molecule has 0 aromatic carbocycles. The minimum Gasteiger partial charge on any atom is -0.261 e. The van der Waals surface area contributed by atoms with E-state index in [1.54, 1.807) is 0 Å². The second-order valence-corrected chi connectivity index (χ2v) is 10.3. The number of pyridine rings is 1. The molecule has 0 unspecified atom stereocenters. The zero-order valence-electron chi connectivity index (χ0n) is 19.5. The van der Waals surface area contributed by atoms with Gasteiger partial charge in [0.15, 0.2) is 0 Å². The van der Waals surface area contributed by atoms with Crippen LogP contribution in [0.15, 0.2) is 18.3 Å². The highest BCUT2D eigenvalue weighted by Gasteiger charge is 2.31. The molecule has 2 fully saturated rings. The molecule has 2 aliphatic carbocycles. The van der Waals surface area contributed by atoms with Crippen molar-refractivity contribution >= 4 is 0 Å². The molecule has 1 nitrogen and oxygen atoms in total. The Bertz CT molecular complexity index is 532. The fourth-order valence-corrected chi connectivity index (χ4v) is 6.10. The Morgan fingerprint density at radius 3 is 2.00 bits per heavy atom. The van der Waals surface area contributed by atoms with Crippen LogP contribution in [0.5, 0.6) is 0 Å². The first-order valence-electron chi connectivity index (χ1n) is 13.2. The largest absolute Gasteiger partial charge is 0.261 e. The zero-order valence-corrected chi connectivity index (χ0v) is 19.5. The summed E-state index contributed by atoms with van der Waals surface area (Å²) in [5.41, 5.74) is 2.81. The van der Waals surface area contributed by atoms with Gasteiger partial charge in [-0.3, -0.25) is 4.98 Å². The Morgan fingerprint density at radius 2 is 1.38 bits per heavy atom. The number of aryl methyl sites for hydroxylation is 1. The van der Waals surface area contributed by atoms with Crippen LogP contribution in [0.4, 0.5) is 0 Å². The minimum atomic E-state index is 0.728. The third-order valence-corrected chi connectivity index (χ3v) is 8.13. The highest BCUT2D eigenvalue weighted by molar-refractivity contribution is 5.17. The molecule has 0 spiro atoms. The number of hydrogen-bond acceptors (Lipinski definition) is 1. The molecule has 0 saturated heterocycles. The Labute approximate surface area is 181 Å². The molecule has 1 aromatic rings. The van der Waals surface area contributed by atoms with Crippen molar-refractivity contribution in [2.24, 2.45) is 17.8 Å². The van der Waals surface area contributed by atoms with E-state index >= 15 is 0 Å². The Balaban J connectivity index is 1.35. The Kier molecular flexibility index (Phi) is 10.0. The van der Waals surface area contributed by atoms with Gasteiger partial charge in [0, 0.05) is 17.8 Å². The van der Waals surface area contributed by atoms with Gasteiger partial charge in [0.25, 0.3) is 0 Å². The maximum Gasteiger partial charge on any atom is 0.0434 e. The fourth-order valence-electron chi connectivity index (χ4n) is 6.10. The van der Waals surface area contributed by atoms with Gasteiger partial charge in [-0.25, -0.2) is 0 Å². The summed E-state index contributed by atoms with van der Waals surface area (Å²) in [5.74, 6) is 3.84. The molecule has 1 aromatic heterocycles. The van der Waals surface area contributed by atoms with Crippen molar-refractivity contribution in [3.63, 3.8) is 0 Å². The second-order valence-electron chi connectivity index (χ2n) is 10.3. The van der Waals surface area contributed by atoms with Gasteiger partial charge in [-0.2, -0.15) is 0 Å². The summed E-state index contributed by atoms with van der Waals surface area (Å²) >= 11 is 0. The molecule has 2 aliphatic rings. The highest BCUT2D eigenvalue weighted by atomic mass is 14.7. The molecule has 0 atom stereocenters. The van der Waals surface area contributed by atoms with E-state index in [0.29, 0.717) is 0 Å². The van der Waals surface area contributed by atoms with Crippen LogP contribution in [-0.2, 0) is 6.42 Å². The van der Waals surface area contributed by atoms with Crippen LogP contribution in [-0.4, -0.2) is 4.98 Å². The van der Waals surface area contributed by atoms with Gasteiger partial charge in [-0.15, -0.1) is 0 Å². The zero-order chi connectivity index (χ0) is 20.3. The summed E-state index contributed by atoms with van der Waals surface area (Å²) in [7, 11) is 0. The molecule has 0 bridgehead atoms. The van der Waals surface area contributed by atoms with E-state index in [4.69, 9.17) is 4.98 Å². The summed E-state index contributed by atoms with van der Waals surface area (Å²) in [6.45, 7) is 4.59. The molecule has 164 valence electrons. The lowest BCUT2D eigenvalue weighted by Crippen LogP contribution is -2.25. The molecule has 0 aliphatic heterocycles. The topological polar surface area (TPSA) is 12.9 Å². The first-order valence-corrected chi connectivity index (χ1v) is 13.2. The first kappa shape index (κ1) is 22.8. The third-order valence-electron chi connectivity index (χ3n) is 8.13. The molecule has 29 heavy (non-hydrogen) atoms. The molecular formula is C28H47N. The van der Waals surface area contributed by atoms with Gasteiger partial charge in [0.1, 0.15) is 0 Å². The maximum absolute atomic E-state index is 4.87. The summed E-state index contributed by atoms with van der Waals surface area (Å²) in [4.78, 5) is 4.87. The SMILES string of the molecule is CCCCCC[C@H]1CC[C@H](C2CCC(c3ccc(CCCCC)cn3)CC2)CC1. The normalized spacial score (nSPS) is 27.8. The Hall–Kier alpha value is -0.850. The van der Waals surface area contributed by atoms with Gasteiger partial charge in [0.05, 0.1) is 0 Å². The predicted octanol–water partition coefficient (Wildman–Crippen LogP) is 8.86. The summed E-state index contributed by atoms with van der Waals surface area (Å²) in [6.07, 6.45) is 26.4. The average molecular weight is 398 g/mol.